The summed E-state index contributed by atoms with van der Waals surface area (Å²) < 4.78 is 1.08. The van der Waals surface area contributed by atoms with Crippen LogP contribution in [0.4, 0.5) is 0 Å². The topological polar surface area (TPSA) is 65.2 Å². The van der Waals surface area contributed by atoms with Gasteiger partial charge in [0.25, 0.3) is 0 Å². The molecule has 1 aromatic rings. The van der Waals surface area contributed by atoms with Crippen LogP contribution in [0, 0.1) is 5.92 Å². The number of carbonyl (C=O) groups excluding carboxylic acids is 1. The molecule has 0 radical (unpaired) electrons. The third kappa shape index (κ3) is 3.60. The fraction of sp³-hybridized carbons (Fsp3) is 0.588. The van der Waals surface area contributed by atoms with Gasteiger partial charge in [0.15, 0.2) is 0 Å². The SMILES string of the molecule is CC(C)(CNC(=O)C1NNC2CCNCC21)c1ccccc1Br. The first-order valence-corrected chi connectivity index (χ1v) is 9.03. The summed E-state index contributed by atoms with van der Waals surface area (Å²) in [6, 6.07) is 8.41. The van der Waals surface area contributed by atoms with Crippen molar-refractivity contribution in [3.05, 3.63) is 34.3 Å². The van der Waals surface area contributed by atoms with Crippen LogP contribution in [-0.2, 0) is 10.2 Å². The third-order valence-corrected chi connectivity index (χ3v) is 5.66. The number of hydrogen-bond donors (Lipinski definition) is 4. The summed E-state index contributed by atoms with van der Waals surface area (Å²) in [6.07, 6.45) is 1.06. The molecule has 126 valence electrons. The highest BCUT2D eigenvalue weighted by molar-refractivity contribution is 9.10. The Balaban J connectivity index is 1.61. The minimum absolute atomic E-state index is 0.0776. The minimum atomic E-state index is -0.164. The Hall–Kier alpha value is -0.950. The van der Waals surface area contributed by atoms with E-state index in [4.69, 9.17) is 0 Å². The van der Waals surface area contributed by atoms with E-state index >= 15 is 0 Å². The Morgan fingerprint density at radius 2 is 2.13 bits per heavy atom. The van der Waals surface area contributed by atoms with Crippen molar-refractivity contribution in [2.75, 3.05) is 19.6 Å². The largest absolute Gasteiger partial charge is 0.354 e. The second kappa shape index (κ2) is 6.89. The standard InChI is InChI=1S/C17H25BrN4O/c1-17(2,12-5-3-4-6-13(12)18)10-20-16(23)15-11-9-19-8-7-14(11)21-22-15/h3-6,11,14-15,19,21-22H,7-10H2,1-2H3,(H,20,23). The van der Waals surface area contributed by atoms with Gasteiger partial charge < -0.3 is 10.6 Å². The van der Waals surface area contributed by atoms with E-state index in [0.717, 1.165) is 24.0 Å². The van der Waals surface area contributed by atoms with Crippen molar-refractivity contribution in [3.8, 4) is 0 Å². The van der Waals surface area contributed by atoms with Crippen LogP contribution in [-0.4, -0.2) is 37.6 Å². The molecule has 3 rings (SSSR count). The van der Waals surface area contributed by atoms with E-state index in [1.54, 1.807) is 0 Å². The number of rotatable bonds is 4. The molecule has 2 aliphatic heterocycles. The molecule has 0 saturated carbocycles. The van der Waals surface area contributed by atoms with E-state index in [1.165, 1.54) is 5.56 Å². The number of amides is 1. The monoisotopic (exact) mass is 380 g/mol. The average Bonchev–Trinajstić information content (AvgIpc) is 2.97. The van der Waals surface area contributed by atoms with Gasteiger partial charge in [0, 0.05) is 34.9 Å². The third-order valence-electron chi connectivity index (χ3n) is 4.97. The number of nitrogens with one attached hydrogen (secondary N) is 4. The van der Waals surface area contributed by atoms with E-state index in [9.17, 15) is 4.79 Å². The molecule has 0 spiro atoms. The predicted molar refractivity (Wildman–Crippen MR) is 95.0 cm³/mol. The smallest absolute Gasteiger partial charge is 0.238 e. The van der Waals surface area contributed by atoms with Crippen LogP contribution in [0.1, 0.15) is 25.8 Å². The lowest BCUT2D eigenvalue weighted by Gasteiger charge is -2.30. The molecular formula is C17H25BrN4O. The minimum Gasteiger partial charge on any atom is -0.354 e. The Kier molecular flexibility index (Phi) is 5.06. The van der Waals surface area contributed by atoms with Gasteiger partial charge in [0.2, 0.25) is 5.91 Å². The zero-order valence-electron chi connectivity index (χ0n) is 13.7. The first-order chi connectivity index (χ1) is 11.0. The van der Waals surface area contributed by atoms with Gasteiger partial charge in [-0.2, -0.15) is 0 Å². The fourth-order valence-corrected chi connectivity index (χ4v) is 4.32. The van der Waals surface area contributed by atoms with Crippen molar-refractivity contribution in [1.82, 2.24) is 21.5 Å². The first-order valence-electron chi connectivity index (χ1n) is 8.23. The Bertz CT molecular complexity index is 577. The number of hydrogen-bond acceptors (Lipinski definition) is 4. The van der Waals surface area contributed by atoms with Crippen LogP contribution >= 0.6 is 15.9 Å². The number of halogens is 1. The fourth-order valence-electron chi connectivity index (χ4n) is 3.50. The van der Waals surface area contributed by atoms with Gasteiger partial charge in [-0.25, -0.2) is 5.43 Å². The molecule has 1 amide bonds. The molecule has 5 nitrogen and oxygen atoms in total. The van der Waals surface area contributed by atoms with Gasteiger partial charge in [-0.1, -0.05) is 48.0 Å². The zero-order chi connectivity index (χ0) is 16.4. The molecule has 2 saturated heterocycles. The second-order valence-electron chi connectivity index (χ2n) is 7.11. The van der Waals surface area contributed by atoms with Gasteiger partial charge in [-0.05, 0) is 24.6 Å². The van der Waals surface area contributed by atoms with Crippen molar-refractivity contribution in [1.29, 1.82) is 0 Å². The van der Waals surface area contributed by atoms with Crippen LogP contribution in [0.5, 0.6) is 0 Å². The lowest BCUT2D eigenvalue weighted by molar-refractivity contribution is -0.124. The van der Waals surface area contributed by atoms with Crippen LogP contribution in [0.2, 0.25) is 0 Å². The maximum absolute atomic E-state index is 12.6. The summed E-state index contributed by atoms with van der Waals surface area (Å²) in [4.78, 5) is 12.6. The zero-order valence-corrected chi connectivity index (χ0v) is 15.2. The molecular weight excluding hydrogens is 356 g/mol. The van der Waals surface area contributed by atoms with Crippen LogP contribution < -0.4 is 21.5 Å². The van der Waals surface area contributed by atoms with Gasteiger partial charge in [-0.15, -0.1) is 0 Å². The van der Waals surface area contributed by atoms with E-state index in [2.05, 4.69) is 57.3 Å². The maximum Gasteiger partial charge on any atom is 0.238 e. The van der Waals surface area contributed by atoms with E-state index in [1.807, 2.05) is 18.2 Å². The lowest BCUT2D eigenvalue weighted by Crippen LogP contribution is -2.51. The molecule has 0 aromatic heterocycles. The maximum atomic E-state index is 12.6. The van der Waals surface area contributed by atoms with Gasteiger partial charge in [0.1, 0.15) is 6.04 Å². The molecule has 0 bridgehead atoms. The number of fused-ring (bicyclic) bond motifs is 1. The molecule has 3 atom stereocenters. The lowest BCUT2D eigenvalue weighted by atomic mass is 9.84. The molecule has 23 heavy (non-hydrogen) atoms. The van der Waals surface area contributed by atoms with Gasteiger partial charge in [0.05, 0.1) is 0 Å². The molecule has 2 aliphatic rings. The highest BCUT2D eigenvalue weighted by Gasteiger charge is 2.41. The van der Waals surface area contributed by atoms with Crippen LogP contribution in [0.15, 0.2) is 28.7 Å². The molecule has 3 unspecified atom stereocenters. The van der Waals surface area contributed by atoms with Gasteiger partial charge in [-0.3, -0.25) is 10.2 Å². The van der Waals surface area contributed by atoms with E-state index in [-0.39, 0.29) is 17.4 Å². The second-order valence-corrected chi connectivity index (χ2v) is 7.97. The van der Waals surface area contributed by atoms with Crippen molar-refractivity contribution in [2.24, 2.45) is 5.92 Å². The Morgan fingerprint density at radius 3 is 2.91 bits per heavy atom. The summed E-state index contributed by atoms with van der Waals surface area (Å²) in [5.74, 6) is 0.393. The first kappa shape index (κ1) is 16.9. The van der Waals surface area contributed by atoms with Crippen molar-refractivity contribution in [2.45, 2.75) is 37.8 Å². The van der Waals surface area contributed by atoms with Crippen LogP contribution in [0.3, 0.4) is 0 Å². The van der Waals surface area contributed by atoms with Crippen molar-refractivity contribution >= 4 is 21.8 Å². The quantitative estimate of drug-likeness (QED) is 0.635. The highest BCUT2D eigenvalue weighted by atomic mass is 79.9. The molecule has 2 fully saturated rings. The molecule has 1 aromatic carbocycles. The number of benzene rings is 1. The normalized spacial score (nSPS) is 27.5. The van der Waals surface area contributed by atoms with E-state index in [0.29, 0.717) is 18.5 Å². The molecule has 0 aliphatic carbocycles. The Morgan fingerprint density at radius 1 is 1.35 bits per heavy atom. The average molecular weight is 381 g/mol. The summed E-state index contributed by atoms with van der Waals surface area (Å²) >= 11 is 3.61. The van der Waals surface area contributed by atoms with Crippen molar-refractivity contribution < 1.29 is 4.79 Å². The molecule has 2 heterocycles. The summed E-state index contributed by atoms with van der Waals surface area (Å²) in [6.45, 7) is 6.81. The Labute approximate surface area is 146 Å². The predicted octanol–water partition coefficient (Wildman–Crippen LogP) is 1.30. The number of hydrazine groups is 1. The van der Waals surface area contributed by atoms with Crippen LogP contribution in [0.25, 0.3) is 0 Å². The van der Waals surface area contributed by atoms with E-state index < -0.39 is 0 Å². The number of piperidine rings is 1. The number of carbonyl (C=O) groups is 1. The molecule has 4 N–H and O–H groups in total. The highest BCUT2D eigenvalue weighted by Crippen LogP contribution is 2.29. The van der Waals surface area contributed by atoms with Crippen molar-refractivity contribution in [3.63, 3.8) is 0 Å². The summed E-state index contributed by atoms with van der Waals surface area (Å²) in [5.41, 5.74) is 7.51. The summed E-state index contributed by atoms with van der Waals surface area (Å²) in [5, 5.41) is 6.51. The summed E-state index contributed by atoms with van der Waals surface area (Å²) in [7, 11) is 0. The van der Waals surface area contributed by atoms with Gasteiger partial charge >= 0.3 is 0 Å². The molecule has 6 heteroatoms.